The summed E-state index contributed by atoms with van der Waals surface area (Å²) in [5.41, 5.74) is -0.521. The summed E-state index contributed by atoms with van der Waals surface area (Å²) in [5, 5.41) is 11.9. The second-order valence-corrected chi connectivity index (χ2v) is 3.12. The lowest BCUT2D eigenvalue weighted by molar-refractivity contribution is -0.120. The third-order valence-electron chi connectivity index (χ3n) is 2.05. The molecular formula is C11H12N2O2. The van der Waals surface area contributed by atoms with Crippen LogP contribution >= 0.6 is 0 Å². The molecule has 2 N–H and O–H groups in total. The zero-order valence-corrected chi connectivity index (χ0v) is 8.40. The van der Waals surface area contributed by atoms with Crippen LogP contribution in [0.15, 0.2) is 24.5 Å². The Labute approximate surface area is 88.3 Å². The topological polar surface area (TPSA) is 62.2 Å². The van der Waals surface area contributed by atoms with E-state index in [4.69, 9.17) is 6.42 Å². The monoisotopic (exact) mass is 204 g/mol. The van der Waals surface area contributed by atoms with Gasteiger partial charge in [0.15, 0.2) is 0 Å². The Hall–Kier alpha value is -1.86. The molecule has 0 saturated heterocycles. The van der Waals surface area contributed by atoms with Crippen LogP contribution in [0.5, 0.6) is 0 Å². The lowest BCUT2D eigenvalue weighted by Crippen LogP contribution is -2.46. The second kappa shape index (κ2) is 4.58. The van der Waals surface area contributed by atoms with Gasteiger partial charge >= 0.3 is 0 Å². The molecule has 1 rings (SSSR count). The molecule has 1 heterocycles. The molecular weight excluding hydrogens is 192 g/mol. The maximum absolute atomic E-state index is 11.0. The summed E-state index contributed by atoms with van der Waals surface area (Å²) in [6, 6.07) is 3.32. The molecule has 0 radical (unpaired) electrons. The van der Waals surface area contributed by atoms with Crippen LogP contribution in [-0.2, 0) is 10.3 Å². The highest BCUT2D eigenvalue weighted by Crippen LogP contribution is 2.18. The van der Waals surface area contributed by atoms with E-state index in [1.807, 2.05) is 0 Å². The van der Waals surface area contributed by atoms with Crippen molar-refractivity contribution in [2.24, 2.45) is 0 Å². The summed E-state index contributed by atoms with van der Waals surface area (Å²) in [5.74, 6) is 2.11. The molecule has 0 aliphatic carbocycles. The van der Waals surface area contributed by atoms with Gasteiger partial charge in [0.1, 0.15) is 5.54 Å². The Morgan fingerprint density at radius 2 is 2.27 bits per heavy atom. The van der Waals surface area contributed by atoms with Crippen molar-refractivity contribution in [3.05, 3.63) is 30.1 Å². The van der Waals surface area contributed by atoms with Crippen LogP contribution in [0, 0.1) is 12.3 Å². The molecule has 1 aromatic heterocycles. The number of aliphatic hydroxyl groups excluding tert-OH is 1. The van der Waals surface area contributed by atoms with Gasteiger partial charge in [0.2, 0.25) is 5.91 Å². The van der Waals surface area contributed by atoms with Gasteiger partial charge in [-0.3, -0.25) is 9.78 Å². The molecule has 0 bridgehead atoms. The molecule has 0 aliphatic heterocycles. The van der Waals surface area contributed by atoms with E-state index in [2.05, 4.69) is 16.2 Å². The van der Waals surface area contributed by atoms with Crippen LogP contribution in [0.1, 0.15) is 12.5 Å². The van der Waals surface area contributed by atoms with E-state index in [0.717, 1.165) is 0 Å². The quantitative estimate of drug-likeness (QED) is 0.683. The number of aromatic nitrogens is 1. The maximum atomic E-state index is 11.0. The summed E-state index contributed by atoms with van der Waals surface area (Å²) < 4.78 is 0. The summed E-state index contributed by atoms with van der Waals surface area (Å²) in [6.45, 7) is 0.996. The fourth-order valence-electron chi connectivity index (χ4n) is 1.30. The third-order valence-corrected chi connectivity index (χ3v) is 2.05. The van der Waals surface area contributed by atoms with Gasteiger partial charge in [-0.25, -0.2) is 0 Å². The fourth-order valence-corrected chi connectivity index (χ4v) is 1.30. The first-order valence-corrected chi connectivity index (χ1v) is 4.42. The molecule has 0 spiro atoms. The molecule has 0 aromatic carbocycles. The van der Waals surface area contributed by atoms with Gasteiger partial charge in [-0.15, -0.1) is 6.42 Å². The van der Waals surface area contributed by atoms with Crippen molar-refractivity contribution in [2.45, 2.75) is 12.5 Å². The SMILES string of the molecule is C#C[C@@](CO)(NC(C)=O)c1ccncc1. The molecule has 1 amide bonds. The predicted octanol–water partition coefficient (Wildman–Crippen LogP) is 0.0385. The standard InChI is InChI=1S/C11H12N2O2/c1-3-11(8-14,13-9(2)15)10-4-6-12-7-5-10/h1,4-7,14H,8H2,2H3,(H,13,15)/t11-/m0/s1. The molecule has 4 nitrogen and oxygen atoms in total. The maximum Gasteiger partial charge on any atom is 0.218 e. The van der Waals surface area contributed by atoms with Crippen molar-refractivity contribution < 1.29 is 9.90 Å². The van der Waals surface area contributed by atoms with Crippen molar-refractivity contribution in [1.82, 2.24) is 10.3 Å². The summed E-state index contributed by atoms with van der Waals surface area (Å²) in [7, 11) is 0. The van der Waals surface area contributed by atoms with Gasteiger partial charge in [0.05, 0.1) is 6.61 Å². The summed E-state index contributed by atoms with van der Waals surface area (Å²) >= 11 is 0. The Balaban J connectivity index is 3.13. The predicted molar refractivity (Wildman–Crippen MR) is 55.7 cm³/mol. The van der Waals surface area contributed by atoms with Gasteiger partial charge in [0, 0.05) is 19.3 Å². The Bertz CT molecular complexity index is 383. The first kappa shape index (κ1) is 11.2. The Kier molecular flexibility index (Phi) is 3.42. The van der Waals surface area contributed by atoms with Crippen molar-refractivity contribution in [2.75, 3.05) is 6.61 Å². The number of pyridine rings is 1. The third kappa shape index (κ3) is 2.33. The van der Waals surface area contributed by atoms with Gasteiger partial charge in [-0.05, 0) is 17.7 Å². The minimum atomic E-state index is -1.16. The number of terminal acetylenes is 1. The van der Waals surface area contributed by atoms with Crippen molar-refractivity contribution in [3.63, 3.8) is 0 Å². The Morgan fingerprint density at radius 3 is 2.67 bits per heavy atom. The smallest absolute Gasteiger partial charge is 0.218 e. The Morgan fingerprint density at radius 1 is 1.67 bits per heavy atom. The van der Waals surface area contributed by atoms with E-state index in [-0.39, 0.29) is 12.5 Å². The highest BCUT2D eigenvalue weighted by atomic mass is 16.3. The number of hydrogen-bond acceptors (Lipinski definition) is 3. The first-order chi connectivity index (χ1) is 7.14. The summed E-state index contributed by atoms with van der Waals surface area (Å²) in [6.07, 6.45) is 8.46. The van der Waals surface area contributed by atoms with Crippen LogP contribution < -0.4 is 5.32 Å². The minimum absolute atomic E-state index is 0.293. The van der Waals surface area contributed by atoms with Crippen LogP contribution in [0.25, 0.3) is 0 Å². The zero-order chi connectivity index (χ0) is 11.3. The van der Waals surface area contributed by atoms with Gasteiger partial charge in [-0.1, -0.05) is 5.92 Å². The molecule has 0 aliphatic rings. The number of nitrogens with zero attached hydrogens (tertiary/aromatic N) is 1. The molecule has 0 fully saturated rings. The zero-order valence-electron chi connectivity index (χ0n) is 8.40. The van der Waals surface area contributed by atoms with Gasteiger partial charge in [-0.2, -0.15) is 0 Å². The van der Waals surface area contributed by atoms with Gasteiger partial charge < -0.3 is 10.4 Å². The minimum Gasteiger partial charge on any atom is -0.393 e. The van der Waals surface area contributed by atoms with Crippen molar-refractivity contribution in [1.29, 1.82) is 0 Å². The van der Waals surface area contributed by atoms with Crippen LogP contribution in [-0.4, -0.2) is 22.6 Å². The molecule has 1 aromatic rings. The van der Waals surface area contributed by atoms with E-state index >= 15 is 0 Å². The lowest BCUT2D eigenvalue weighted by Gasteiger charge is -2.27. The summed E-state index contributed by atoms with van der Waals surface area (Å²) in [4.78, 5) is 14.9. The number of rotatable bonds is 3. The average Bonchev–Trinajstić information content (AvgIpc) is 2.27. The lowest BCUT2D eigenvalue weighted by atomic mass is 9.92. The number of aliphatic hydroxyl groups is 1. The molecule has 0 saturated carbocycles. The van der Waals surface area contributed by atoms with E-state index < -0.39 is 5.54 Å². The molecule has 78 valence electrons. The van der Waals surface area contributed by atoms with Crippen molar-refractivity contribution >= 4 is 5.91 Å². The number of carbonyl (C=O) groups is 1. The van der Waals surface area contributed by atoms with Crippen LogP contribution in [0.4, 0.5) is 0 Å². The molecule has 1 atom stereocenters. The van der Waals surface area contributed by atoms with Gasteiger partial charge in [0.25, 0.3) is 0 Å². The van der Waals surface area contributed by atoms with E-state index in [0.29, 0.717) is 5.56 Å². The fraction of sp³-hybridized carbons (Fsp3) is 0.273. The first-order valence-electron chi connectivity index (χ1n) is 4.42. The van der Waals surface area contributed by atoms with E-state index in [9.17, 15) is 9.90 Å². The van der Waals surface area contributed by atoms with Crippen LogP contribution in [0.3, 0.4) is 0 Å². The average molecular weight is 204 g/mol. The van der Waals surface area contributed by atoms with E-state index in [1.165, 1.54) is 6.92 Å². The molecule has 4 heteroatoms. The highest BCUT2D eigenvalue weighted by Gasteiger charge is 2.29. The largest absolute Gasteiger partial charge is 0.393 e. The number of carbonyl (C=O) groups excluding carboxylic acids is 1. The number of nitrogens with one attached hydrogen (secondary N) is 1. The van der Waals surface area contributed by atoms with Crippen LogP contribution in [0.2, 0.25) is 0 Å². The normalized spacial score (nSPS) is 13.7. The number of amides is 1. The number of hydrogen-bond donors (Lipinski definition) is 2. The molecule has 0 unspecified atom stereocenters. The highest BCUT2D eigenvalue weighted by molar-refractivity contribution is 5.75. The second-order valence-electron chi connectivity index (χ2n) is 3.12. The van der Waals surface area contributed by atoms with Crippen molar-refractivity contribution in [3.8, 4) is 12.3 Å². The molecule has 15 heavy (non-hydrogen) atoms. The van der Waals surface area contributed by atoms with E-state index in [1.54, 1.807) is 24.5 Å².